The molecule has 2 aliphatic heterocycles. The van der Waals surface area contributed by atoms with Gasteiger partial charge in [0.2, 0.25) is 5.91 Å². The Bertz CT molecular complexity index is 755. The molecule has 1 saturated heterocycles. The number of aliphatic imine (C=N–C) groups is 1. The fourth-order valence-electron chi connectivity index (χ4n) is 2.98. The quantitative estimate of drug-likeness (QED) is 0.807. The predicted molar refractivity (Wildman–Crippen MR) is 107 cm³/mol. The van der Waals surface area contributed by atoms with Crippen molar-refractivity contribution in [3.63, 3.8) is 0 Å². The molecule has 0 spiro atoms. The number of benzene rings is 1. The summed E-state index contributed by atoms with van der Waals surface area (Å²) in [5.41, 5.74) is 1.13. The molecule has 0 aliphatic carbocycles. The van der Waals surface area contributed by atoms with Gasteiger partial charge in [-0.3, -0.25) is 14.4 Å². The summed E-state index contributed by atoms with van der Waals surface area (Å²) < 4.78 is 0. The van der Waals surface area contributed by atoms with E-state index in [0.29, 0.717) is 11.3 Å². The van der Waals surface area contributed by atoms with E-state index in [0.717, 1.165) is 31.1 Å². The van der Waals surface area contributed by atoms with E-state index in [9.17, 15) is 14.4 Å². The molecular formula is C19H24N4O3S. The summed E-state index contributed by atoms with van der Waals surface area (Å²) >= 11 is 1.38. The number of carbonyl (C=O) groups is 3. The van der Waals surface area contributed by atoms with Crippen LogP contribution in [-0.4, -0.2) is 52.2 Å². The highest BCUT2D eigenvalue weighted by Crippen LogP contribution is 2.29. The Morgan fingerprint density at radius 1 is 1.22 bits per heavy atom. The van der Waals surface area contributed by atoms with Crippen LogP contribution in [-0.2, 0) is 9.59 Å². The Morgan fingerprint density at radius 3 is 2.52 bits per heavy atom. The number of rotatable bonds is 5. The second kappa shape index (κ2) is 8.56. The molecule has 7 nitrogen and oxygen atoms in total. The van der Waals surface area contributed by atoms with Gasteiger partial charge in [0, 0.05) is 36.8 Å². The molecule has 0 aromatic heterocycles. The Hall–Kier alpha value is -2.35. The highest BCUT2D eigenvalue weighted by molar-refractivity contribution is 8.15. The molecule has 0 bridgehead atoms. The number of amidine groups is 1. The van der Waals surface area contributed by atoms with Crippen LogP contribution in [0.4, 0.5) is 5.69 Å². The van der Waals surface area contributed by atoms with Crippen LogP contribution in [0.5, 0.6) is 0 Å². The van der Waals surface area contributed by atoms with Gasteiger partial charge in [-0.25, -0.2) is 0 Å². The van der Waals surface area contributed by atoms with E-state index in [-0.39, 0.29) is 30.2 Å². The third kappa shape index (κ3) is 5.09. The zero-order valence-electron chi connectivity index (χ0n) is 15.5. The Balaban J connectivity index is 1.51. The minimum atomic E-state index is -0.461. The lowest BCUT2D eigenvalue weighted by atomic mass is 10.1. The predicted octanol–water partition coefficient (Wildman–Crippen LogP) is 2.25. The third-order valence-electron chi connectivity index (χ3n) is 4.33. The molecule has 27 heavy (non-hydrogen) atoms. The second-order valence-electron chi connectivity index (χ2n) is 6.99. The standard InChI is InChI=1S/C19H24N4O3S/c1-12(2)20-17(25)13-5-7-14(8-6-13)21-16(24)11-15-18(26)22-19(27-15)23-9-3-4-10-23/h5-8,12,15H,3-4,9-11H2,1-2H3,(H,20,25)(H,21,24)/t15-/m1/s1. The largest absolute Gasteiger partial charge is 0.351 e. The molecule has 0 unspecified atom stereocenters. The fraction of sp³-hybridized carbons (Fsp3) is 0.474. The van der Waals surface area contributed by atoms with Gasteiger partial charge >= 0.3 is 0 Å². The summed E-state index contributed by atoms with van der Waals surface area (Å²) in [7, 11) is 0. The van der Waals surface area contributed by atoms with Crippen molar-refractivity contribution in [3.8, 4) is 0 Å². The van der Waals surface area contributed by atoms with Gasteiger partial charge in [-0.15, -0.1) is 0 Å². The Labute approximate surface area is 163 Å². The van der Waals surface area contributed by atoms with E-state index >= 15 is 0 Å². The van der Waals surface area contributed by atoms with E-state index in [2.05, 4.69) is 20.5 Å². The van der Waals surface area contributed by atoms with Crippen LogP contribution in [0.1, 0.15) is 43.5 Å². The average molecular weight is 388 g/mol. The molecule has 1 atom stereocenters. The van der Waals surface area contributed by atoms with E-state index in [1.165, 1.54) is 11.8 Å². The summed E-state index contributed by atoms with van der Waals surface area (Å²) in [4.78, 5) is 42.5. The number of nitrogens with one attached hydrogen (secondary N) is 2. The van der Waals surface area contributed by atoms with E-state index < -0.39 is 5.25 Å². The van der Waals surface area contributed by atoms with Crippen molar-refractivity contribution in [2.24, 2.45) is 4.99 Å². The number of thioether (sulfide) groups is 1. The molecule has 1 aromatic carbocycles. The number of carbonyl (C=O) groups excluding carboxylic acids is 3. The first-order chi connectivity index (χ1) is 12.9. The summed E-state index contributed by atoms with van der Waals surface area (Å²) in [5.74, 6) is -0.627. The van der Waals surface area contributed by atoms with Crippen LogP contribution in [0, 0.1) is 0 Å². The first-order valence-electron chi connectivity index (χ1n) is 9.17. The molecule has 2 N–H and O–H groups in total. The minimum Gasteiger partial charge on any atom is -0.351 e. The molecule has 8 heteroatoms. The van der Waals surface area contributed by atoms with Crippen molar-refractivity contribution in [1.29, 1.82) is 0 Å². The molecule has 1 aromatic rings. The summed E-state index contributed by atoms with van der Waals surface area (Å²) in [6, 6.07) is 6.76. The smallest absolute Gasteiger partial charge is 0.262 e. The molecule has 1 fully saturated rings. The van der Waals surface area contributed by atoms with Gasteiger partial charge in [0.15, 0.2) is 5.17 Å². The average Bonchev–Trinajstić information content (AvgIpc) is 3.25. The number of likely N-dealkylation sites (tertiary alicyclic amines) is 1. The lowest BCUT2D eigenvalue weighted by Gasteiger charge is -2.16. The lowest BCUT2D eigenvalue weighted by Crippen LogP contribution is -2.30. The number of anilines is 1. The highest BCUT2D eigenvalue weighted by Gasteiger charge is 2.33. The van der Waals surface area contributed by atoms with Crippen molar-refractivity contribution >= 4 is 40.3 Å². The summed E-state index contributed by atoms with van der Waals surface area (Å²) in [6.07, 6.45) is 2.31. The van der Waals surface area contributed by atoms with E-state index in [4.69, 9.17) is 0 Å². The first kappa shape index (κ1) is 19.4. The van der Waals surface area contributed by atoms with Crippen molar-refractivity contribution in [2.75, 3.05) is 18.4 Å². The zero-order valence-corrected chi connectivity index (χ0v) is 16.3. The topological polar surface area (TPSA) is 90.9 Å². The lowest BCUT2D eigenvalue weighted by molar-refractivity contribution is -0.121. The molecular weight excluding hydrogens is 364 g/mol. The SMILES string of the molecule is CC(C)NC(=O)c1ccc(NC(=O)C[C@H]2SC(N3CCCC3)=NC2=O)cc1. The van der Waals surface area contributed by atoms with E-state index in [1.54, 1.807) is 24.3 Å². The maximum atomic E-state index is 12.3. The molecule has 0 radical (unpaired) electrons. The van der Waals surface area contributed by atoms with Crippen molar-refractivity contribution < 1.29 is 14.4 Å². The molecule has 144 valence electrons. The minimum absolute atomic E-state index is 0.0611. The van der Waals surface area contributed by atoms with Crippen LogP contribution < -0.4 is 10.6 Å². The van der Waals surface area contributed by atoms with Gasteiger partial charge in [0.25, 0.3) is 11.8 Å². The monoisotopic (exact) mass is 388 g/mol. The van der Waals surface area contributed by atoms with Crippen LogP contribution >= 0.6 is 11.8 Å². The third-order valence-corrected chi connectivity index (χ3v) is 5.54. The van der Waals surface area contributed by atoms with Crippen molar-refractivity contribution in [1.82, 2.24) is 10.2 Å². The Kier molecular flexibility index (Phi) is 6.15. The number of amides is 3. The van der Waals surface area contributed by atoms with Crippen LogP contribution in [0.3, 0.4) is 0 Å². The fourth-order valence-corrected chi connectivity index (χ4v) is 4.10. The second-order valence-corrected chi connectivity index (χ2v) is 8.16. The van der Waals surface area contributed by atoms with E-state index in [1.807, 2.05) is 13.8 Å². The van der Waals surface area contributed by atoms with Crippen LogP contribution in [0.25, 0.3) is 0 Å². The van der Waals surface area contributed by atoms with Crippen LogP contribution in [0.2, 0.25) is 0 Å². The van der Waals surface area contributed by atoms with Crippen LogP contribution in [0.15, 0.2) is 29.3 Å². The van der Waals surface area contributed by atoms with Gasteiger partial charge in [-0.05, 0) is 51.0 Å². The normalized spacial score (nSPS) is 19.4. The highest BCUT2D eigenvalue weighted by atomic mass is 32.2. The summed E-state index contributed by atoms with van der Waals surface area (Å²) in [5, 5.41) is 5.88. The van der Waals surface area contributed by atoms with Gasteiger partial charge < -0.3 is 15.5 Å². The number of hydrogen-bond donors (Lipinski definition) is 2. The van der Waals surface area contributed by atoms with Crippen molar-refractivity contribution in [3.05, 3.63) is 29.8 Å². The summed E-state index contributed by atoms with van der Waals surface area (Å²) in [6.45, 7) is 5.64. The zero-order chi connectivity index (χ0) is 19.4. The maximum Gasteiger partial charge on any atom is 0.262 e. The van der Waals surface area contributed by atoms with Gasteiger partial charge in [-0.2, -0.15) is 4.99 Å². The first-order valence-corrected chi connectivity index (χ1v) is 10.1. The molecule has 2 aliphatic rings. The molecule has 0 saturated carbocycles. The Morgan fingerprint density at radius 2 is 1.89 bits per heavy atom. The van der Waals surface area contributed by atoms with Gasteiger partial charge in [-0.1, -0.05) is 11.8 Å². The van der Waals surface area contributed by atoms with Crippen molar-refractivity contribution in [2.45, 2.75) is 44.4 Å². The molecule has 3 amide bonds. The van der Waals surface area contributed by atoms with Gasteiger partial charge in [0.05, 0.1) is 0 Å². The maximum absolute atomic E-state index is 12.3. The molecule has 3 rings (SSSR count). The number of nitrogens with zero attached hydrogens (tertiary/aromatic N) is 2. The molecule has 2 heterocycles. The number of hydrogen-bond acceptors (Lipinski definition) is 5. The van der Waals surface area contributed by atoms with Gasteiger partial charge in [0.1, 0.15) is 5.25 Å².